The minimum absolute atomic E-state index is 0.101. The molecule has 2 aromatic carbocycles. The second-order valence-corrected chi connectivity index (χ2v) is 6.17. The molecule has 2 rings (SSSR count). The lowest BCUT2D eigenvalue weighted by molar-refractivity contribution is 0.102. The monoisotopic (exact) mass is 346 g/mol. The van der Waals surface area contributed by atoms with Gasteiger partial charge in [-0.05, 0) is 55.3 Å². The number of halogens is 1. The van der Waals surface area contributed by atoms with Crippen LogP contribution >= 0.6 is 15.9 Å². The number of hydrogen-bond donors (Lipinski definition) is 1. The van der Waals surface area contributed by atoms with E-state index in [1.165, 1.54) is 0 Å². The lowest BCUT2D eigenvalue weighted by Crippen LogP contribution is -2.14. The number of carbonyl (C=O) groups excluding carboxylic acids is 1. The van der Waals surface area contributed by atoms with Gasteiger partial charge in [0, 0.05) is 35.5 Å². The second-order valence-electron chi connectivity index (χ2n) is 5.31. The molecule has 0 radical (unpaired) electrons. The molecule has 0 aromatic heterocycles. The van der Waals surface area contributed by atoms with Gasteiger partial charge in [-0.3, -0.25) is 4.79 Å². The number of aryl methyl sites for hydroxylation is 2. The first-order valence-corrected chi connectivity index (χ1v) is 7.53. The van der Waals surface area contributed by atoms with E-state index >= 15 is 0 Å². The summed E-state index contributed by atoms with van der Waals surface area (Å²) < 4.78 is 0.940. The minimum atomic E-state index is -0.101. The van der Waals surface area contributed by atoms with E-state index < -0.39 is 0 Å². The van der Waals surface area contributed by atoms with E-state index in [2.05, 4.69) is 27.3 Å². The first kappa shape index (κ1) is 15.6. The maximum atomic E-state index is 12.3. The number of rotatable bonds is 3. The fourth-order valence-electron chi connectivity index (χ4n) is 1.99. The van der Waals surface area contributed by atoms with Crippen LogP contribution < -0.4 is 10.2 Å². The number of carbonyl (C=O) groups is 1. The summed E-state index contributed by atoms with van der Waals surface area (Å²) in [5, 5.41) is 2.96. The molecule has 0 atom stereocenters. The standard InChI is InChI=1S/C17H19BrN2O/c1-11-5-6-13(10-15(11)18)17(21)19-16-8-7-14(20(3)4)9-12(16)2/h5-10H,1-4H3,(H,19,21). The van der Waals surface area contributed by atoms with Gasteiger partial charge >= 0.3 is 0 Å². The Kier molecular flexibility index (Phi) is 4.68. The van der Waals surface area contributed by atoms with Gasteiger partial charge in [-0.1, -0.05) is 22.0 Å². The largest absolute Gasteiger partial charge is 0.378 e. The summed E-state index contributed by atoms with van der Waals surface area (Å²) in [4.78, 5) is 14.3. The Bertz CT molecular complexity index is 680. The highest BCUT2D eigenvalue weighted by molar-refractivity contribution is 9.10. The molecular formula is C17H19BrN2O. The van der Waals surface area contributed by atoms with Crippen LogP contribution in [0.25, 0.3) is 0 Å². The van der Waals surface area contributed by atoms with E-state index in [1.807, 2.05) is 63.2 Å². The van der Waals surface area contributed by atoms with E-state index in [1.54, 1.807) is 0 Å². The molecule has 0 aliphatic heterocycles. The van der Waals surface area contributed by atoms with Crippen molar-refractivity contribution in [1.29, 1.82) is 0 Å². The SMILES string of the molecule is Cc1ccc(C(=O)Nc2ccc(N(C)C)cc2C)cc1Br. The quantitative estimate of drug-likeness (QED) is 0.893. The Labute approximate surface area is 134 Å². The van der Waals surface area contributed by atoms with Crippen LogP contribution in [-0.4, -0.2) is 20.0 Å². The normalized spacial score (nSPS) is 10.3. The first-order chi connectivity index (χ1) is 9.88. The lowest BCUT2D eigenvalue weighted by atomic mass is 10.1. The highest BCUT2D eigenvalue weighted by atomic mass is 79.9. The van der Waals surface area contributed by atoms with E-state index in [9.17, 15) is 4.79 Å². The van der Waals surface area contributed by atoms with Gasteiger partial charge in [0.15, 0.2) is 0 Å². The van der Waals surface area contributed by atoms with E-state index in [4.69, 9.17) is 0 Å². The lowest BCUT2D eigenvalue weighted by Gasteiger charge is -2.15. The molecule has 0 unspecified atom stereocenters. The molecule has 0 bridgehead atoms. The second kappa shape index (κ2) is 6.31. The molecule has 3 nitrogen and oxygen atoms in total. The summed E-state index contributed by atoms with van der Waals surface area (Å²) in [6, 6.07) is 11.6. The molecule has 21 heavy (non-hydrogen) atoms. The number of nitrogens with one attached hydrogen (secondary N) is 1. The molecular weight excluding hydrogens is 328 g/mol. The molecule has 1 N–H and O–H groups in total. The molecule has 0 fully saturated rings. The number of anilines is 2. The predicted molar refractivity (Wildman–Crippen MR) is 92.3 cm³/mol. The third kappa shape index (κ3) is 3.64. The molecule has 0 heterocycles. The fraction of sp³-hybridized carbons (Fsp3) is 0.235. The van der Waals surface area contributed by atoms with Crippen molar-refractivity contribution in [2.75, 3.05) is 24.3 Å². The molecule has 0 aliphatic rings. The van der Waals surface area contributed by atoms with Crippen LogP contribution in [0.1, 0.15) is 21.5 Å². The molecule has 110 valence electrons. The Morgan fingerprint density at radius 1 is 1.05 bits per heavy atom. The van der Waals surface area contributed by atoms with Crippen LogP contribution in [0.5, 0.6) is 0 Å². The molecule has 0 saturated carbocycles. The van der Waals surface area contributed by atoms with Crippen molar-refractivity contribution in [2.24, 2.45) is 0 Å². The number of amides is 1. The Hall–Kier alpha value is -1.81. The van der Waals surface area contributed by atoms with Gasteiger partial charge in [0.25, 0.3) is 5.91 Å². The third-order valence-corrected chi connectivity index (χ3v) is 4.26. The van der Waals surface area contributed by atoms with Crippen molar-refractivity contribution in [2.45, 2.75) is 13.8 Å². The Morgan fingerprint density at radius 3 is 2.33 bits per heavy atom. The van der Waals surface area contributed by atoms with Crippen LogP contribution in [0.2, 0.25) is 0 Å². The van der Waals surface area contributed by atoms with Gasteiger partial charge in [-0.15, -0.1) is 0 Å². The zero-order chi connectivity index (χ0) is 15.6. The van der Waals surface area contributed by atoms with Crippen molar-refractivity contribution in [1.82, 2.24) is 0 Å². The van der Waals surface area contributed by atoms with Gasteiger partial charge in [-0.25, -0.2) is 0 Å². The topological polar surface area (TPSA) is 32.3 Å². The first-order valence-electron chi connectivity index (χ1n) is 6.74. The maximum absolute atomic E-state index is 12.3. The summed E-state index contributed by atoms with van der Waals surface area (Å²) in [6.07, 6.45) is 0. The highest BCUT2D eigenvalue weighted by Gasteiger charge is 2.09. The average Bonchev–Trinajstić information content (AvgIpc) is 2.43. The summed E-state index contributed by atoms with van der Waals surface area (Å²) in [5.41, 5.74) is 4.74. The highest BCUT2D eigenvalue weighted by Crippen LogP contribution is 2.23. The van der Waals surface area contributed by atoms with Gasteiger partial charge in [-0.2, -0.15) is 0 Å². The zero-order valence-corrected chi connectivity index (χ0v) is 14.3. The minimum Gasteiger partial charge on any atom is -0.378 e. The van der Waals surface area contributed by atoms with Gasteiger partial charge < -0.3 is 10.2 Å². The summed E-state index contributed by atoms with van der Waals surface area (Å²) in [7, 11) is 3.99. The maximum Gasteiger partial charge on any atom is 0.255 e. The van der Waals surface area contributed by atoms with Crippen LogP contribution in [0, 0.1) is 13.8 Å². The van der Waals surface area contributed by atoms with Crippen molar-refractivity contribution >= 4 is 33.2 Å². The van der Waals surface area contributed by atoms with Gasteiger partial charge in [0.05, 0.1) is 0 Å². The van der Waals surface area contributed by atoms with E-state index in [0.717, 1.165) is 27.0 Å². The smallest absolute Gasteiger partial charge is 0.255 e. The van der Waals surface area contributed by atoms with Crippen molar-refractivity contribution in [3.63, 3.8) is 0 Å². The van der Waals surface area contributed by atoms with Crippen LogP contribution in [0.3, 0.4) is 0 Å². The fourth-order valence-corrected chi connectivity index (χ4v) is 2.37. The van der Waals surface area contributed by atoms with Gasteiger partial charge in [0.2, 0.25) is 0 Å². The number of benzene rings is 2. The van der Waals surface area contributed by atoms with Crippen LogP contribution in [0.4, 0.5) is 11.4 Å². The van der Waals surface area contributed by atoms with Crippen molar-refractivity contribution in [3.8, 4) is 0 Å². The third-order valence-electron chi connectivity index (χ3n) is 3.41. The van der Waals surface area contributed by atoms with Crippen molar-refractivity contribution < 1.29 is 4.79 Å². The molecule has 0 spiro atoms. The molecule has 2 aromatic rings. The molecule has 4 heteroatoms. The molecule has 0 saturated heterocycles. The molecule has 0 aliphatic carbocycles. The summed E-state index contributed by atoms with van der Waals surface area (Å²) >= 11 is 3.45. The van der Waals surface area contributed by atoms with Crippen LogP contribution in [-0.2, 0) is 0 Å². The predicted octanol–water partition coefficient (Wildman–Crippen LogP) is 4.38. The van der Waals surface area contributed by atoms with Crippen molar-refractivity contribution in [3.05, 3.63) is 57.6 Å². The summed E-state index contributed by atoms with van der Waals surface area (Å²) in [5.74, 6) is -0.101. The van der Waals surface area contributed by atoms with Gasteiger partial charge in [0.1, 0.15) is 0 Å². The van der Waals surface area contributed by atoms with Crippen LogP contribution in [0.15, 0.2) is 40.9 Å². The zero-order valence-electron chi connectivity index (χ0n) is 12.7. The Morgan fingerprint density at radius 2 is 1.76 bits per heavy atom. The average molecular weight is 347 g/mol. The van der Waals surface area contributed by atoms with E-state index in [-0.39, 0.29) is 5.91 Å². The Balaban J connectivity index is 2.21. The number of nitrogens with zero attached hydrogens (tertiary/aromatic N) is 1. The van der Waals surface area contributed by atoms with E-state index in [0.29, 0.717) is 5.56 Å². The molecule has 1 amide bonds. The summed E-state index contributed by atoms with van der Waals surface area (Å²) in [6.45, 7) is 3.99. The number of hydrogen-bond acceptors (Lipinski definition) is 2.